The van der Waals surface area contributed by atoms with Crippen molar-refractivity contribution in [3.63, 3.8) is 0 Å². The lowest BCUT2D eigenvalue weighted by Gasteiger charge is -2.40. The number of piperidine rings is 1. The molecule has 0 aromatic carbocycles. The molecule has 1 atom stereocenters. The summed E-state index contributed by atoms with van der Waals surface area (Å²) in [6.45, 7) is 1.56. The van der Waals surface area contributed by atoms with Gasteiger partial charge in [-0.3, -0.25) is 9.69 Å². The fraction of sp³-hybridized carbons (Fsp3) is 0.900. The van der Waals surface area contributed by atoms with E-state index in [4.69, 9.17) is 5.11 Å². The fourth-order valence-electron chi connectivity index (χ4n) is 2.08. The molecule has 0 saturated carbocycles. The van der Waals surface area contributed by atoms with Gasteiger partial charge in [0.05, 0.1) is 0 Å². The first-order valence-corrected chi connectivity index (χ1v) is 5.47. The Balaban J connectivity index is 2.65. The minimum atomic E-state index is -4.65. The van der Waals surface area contributed by atoms with Crippen LogP contribution in [0.2, 0.25) is 0 Å². The van der Waals surface area contributed by atoms with Crippen LogP contribution in [0, 0.1) is 0 Å². The van der Waals surface area contributed by atoms with Crippen molar-refractivity contribution < 1.29 is 28.2 Å². The van der Waals surface area contributed by atoms with E-state index in [1.165, 1.54) is 4.90 Å². The van der Waals surface area contributed by atoms with Crippen molar-refractivity contribution in [1.29, 1.82) is 0 Å². The number of halogens is 3. The molecule has 100 valence electrons. The second-order valence-corrected chi connectivity index (χ2v) is 4.33. The van der Waals surface area contributed by atoms with Gasteiger partial charge in [0, 0.05) is 13.1 Å². The molecule has 7 heteroatoms. The molecule has 1 aliphatic heterocycles. The first-order chi connectivity index (χ1) is 7.71. The Morgan fingerprint density at radius 2 is 1.88 bits per heavy atom. The maximum absolute atomic E-state index is 12.5. The van der Waals surface area contributed by atoms with Gasteiger partial charge < -0.3 is 10.2 Å². The number of nitrogens with zero attached hydrogens (tertiary/aromatic N) is 1. The Morgan fingerprint density at radius 1 is 1.41 bits per heavy atom. The number of carboxylic acids is 1. The van der Waals surface area contributed by atoms with Crippen LogP contribution in [-0.4, -0.2) is 52.0 Å². The summed E-state index contributed by atoms with van der Waals surface area (Å²) in [5.41, 5.74) is -2.67. The molecule has 0 radical (unpaired) electrons. The summed E-state index contributed by atoms with van der Waals surface area (Å²) in [4.78, 5) is 12.3. The lowest BCUT2D eigenvalue weighted by molar-refractivity contribution is -0.273. The minimum absolute atomic E-state index is 0.0547. The average molecular weight is 255 g/mol. The van der Waals surface area contributed by atoms with Crippen molar-refractivity contribution in [1.82, 2.24) is 4.90 Å². The first kappa shape index (κ1) is 14.2. The molecular formula is C10H16F3NO3. The Kier molecular flexibility index (Phi) is 4.03. The number of carboxylic acid groups (broad SMARTS) is 1. The molecule has 1 saturated heterocycles. The number of aliphatic hydroxyl groups is 1. The summed E-state index contributed by atoms with van der Waals surface area (Å²) in [5, 5.41) is 18.3. The number of hydrogen-bond donors (Lipinski definition) is 2. The van der Waals surface area contributed by atoms with Crippen molar-refractivity contribution in [3.8, 4) is 0 Å². The number of carbonyl (C=O) groups is 1. The Labute approximate surface area is 97.0 Å². The Morgan fingerprint density at radius 3 is 2.18 bits per heavy atom. The SMILES string of the molecule is CC[C@@H](C(=O)O)N1CCC(O)(C(F)(F)F)CC1. The molecule has 1 aliphatic rings. The lowest BCUT2D eigenvalue weighted by Crippen LogP contribution is -2.56. The smallest absolute Gasteiger partial charge is 0.417 e. The predicted octanol–water partition coefficient (Wildman–Crippen LogP) is 1.24. The van der Waals surface area contributed by atoms with E-state index < -0.39 is 36.6 Å². The molecule has 1 rings (SSSR count). The van der Waals surface area contributed by atoms with E-state index in [1.54, 1.807) is 6.92 Å². The van der Waals surface area contributed by atoms with Crippen LogP contribution < -0.4 is 0 Å². The van der Waals surface area contributed by atoms with Crippen molar-refractivity contribution in [3.05, 3.63) is 0 Å². The summed E-state index contributed by atoms with van der Waals surface area (Å²) in [7, 11) is 0. The van der Waals surface area contributed by atoms with Crippen molar-refractivity contribution in [2.75, 3.05) is 13.1 Å². The van der Waals surface area contributed by atoms with E-state index in [0.29, 0.717) is 6.42 Å². The molecule has 17 heavy (non-hydrogen) atoms. The Bertz CT molecular complexity index is 285. The zero-order valence-electron chi connectivity index (χ0n) is 9.50. The highest BCUT2D eigenvalue weighted by Gasteiger charge is 2.55. The summed E-state index contributed by atoms with van der Waals surface area (Å²) in [5.74, 6) is -1.04. The molecule has 4 nitrogen and oxygen atoms in total. The van der Waals surface area contributed by atoms with Crippen LogP contribution in [0.3, 0.4) is 0 Å². The van der Waals surface area contributed by atoms with Crippen molar-refractivity contribution in [2.24, 2.45) is 0 Å². The van der Waals surface area contributed by atoms with Crippen LogP contribution in [-0.2, 0) is 4.79 Å². The van der Waals surface area contributed by atoms with E-state index in [-0.39, 0.29) is 13.1 Å². The number of likely N-dealkylation sites (tertiary alicyclic amines) is 1. The highest BCUT2D eigenvalue weighted by molar-refractivity contribution is 5.73. The van der Waals surface area contributed by atoms with E-state index >= 15 is 0 Å². The predicted molar refractivity (Wildman–Crippen MR) is 53.5 cm³/mol. The van der Waals surface area contributed by atoms with E-state index in [9.17, 15) is 23.1 Å². The Hall–Kier alpha value is -0.820. The number of rotatable bonds is 3. The van der Waals surface area contributed by atoms with Gasteiger partial charge in [0.2, 0.25) is 0 Å². The zero-order valence-corrected chi connectivity index (χ0v) is 9.50. The molecule has 0 spiro atoms. The van der Waals surface area contributed by atoms with Gasteiger partial charge in [-0.05, 0) is 19.3 Å². The second-order valence-electron chi connectivity index (χ2n) is 4.33. The molecule has 1 heterocycles. The maximum Gasteiger partial charge on any atom is 0.417 e. The van der Waals surface area contributed by atoms with Gasteiger partial charge in [-0.15, -0.1) is 0 Å². The van der Waals surface area contributed by atoms with Gasteiger partial charge in [-0.1, -0.05) is 6.92 Å². The van der Waals surface area contributed by atoms with Crippen molar-refractivity contribution >= 4 is 5.97 Å². The third-order valence-electron chi connectivity index (χ3n) is 3.27. The van der Waals surface area contributed by atoms with Crippen LogP contribution in [0.5, 0.6) is 0 Å². The summed E-state index contributed by atoms with van der Waals surface area (Å²) in [6.07, 6.45) is -5.26. The molecule has 2 N–H and O–H groups in total. The summed E-state index contributed by atoms with van der Waals surface area (Å²) >= 11 is 0. The van der Waals surface area contributed by atoms with Crippen LogP contribution in [0.1, 0.15) is 26.2 Å². The highest BCUT2D eigenvalue weighted by atomic mass is 19.4. The maximum atomic E-state index is 12.5. The minimum Gasteiger partial charge on any atom is -0.480 e. The summed E-state index contributed by atoms with van der Waals surface area (Å²) in [6, 6.07) is -0.771. The fourth-order valence-corrected chi connectivity index (χ4v) is 2.08. The van der Waals surface area contributed by atoms with Crippen molar-refractivity contribution in [2.45, 2.75) is 44.0 Å². The standard InChI is InChI=1S/C10H16F3NO3/c1-2-7(8(15)16)14-5-3-9(17,4-6-14)10(11,12)13/h7,17H,2-6H2,1H3,(H,15,16)/t7-/m0/s1. The van der Waals surface area contributed by atoms with E-state index in [2.05, 4.69) is 0 Å². The average Bonchev–Trinajstić information content (AvgIpc) is 2.20. The normalized spacial score (nSPS) is 23.4. The monoisotopic (exact) mass is 255 g/mol. The van der Waals surface area contributed by atoms with Gasteiger partial charge in [0.25, 0.3) is 0 Å². The van der Waals surface area contributed by atoms with Gasteiger partial charge in [-0.25, -0.2) is 0 Å². The van der Waals surface area contributed by atoms with Gasteiger partial charge in [0.1, 0.15) is 6.04 Å². The van der Waals surface area contributed by atoms with Gasteiger partial charge in [0.15, 0.2) is 5.60 Å². The number of hydrogen-bond acceptors (Lipinski definition) is 3. The number of alkyl halides is 3. The highest BCUT2D eigenvalue weighted by Crippen LogP contribution is 2.38. The van der Waals surface area contributed by atoms with Crippen LogP contribution >= 0.6 is 0 Å². The summed E-state index contributed by atoms with van der Waals surface area (Å²) < 4.78 is 37.5. The molecule has 0 aliphatic carbocycles. The first-order valence-electron chi connectivity index (χ1n) is 5.47. The van der Waals surface area contributed by atoms with Crippen LogP contribution in [0.25, 0.3) is 0 Å². The van der Waals surface area contributed by atoms with E-state index in [1.807, 2.05) is 0 Å². The molecule has 0 unspecified atom stereocenters. The lowest BCUT2D eigenvalue weighted by atomic mass is 9.90. The van der Waals surface area contributed by atoms with Crippen LogP contribution in [0.4, 0.5) is 13.2 Å². The third-order valence-corrected chi connectivity index (χ3v) is 3.27. The molecular weight excluding hydrogens is 239 g/mol. The molecule has 0 aromatic heterocycles. The molecule has 0 amide bonds. The van der Waals surface area contributed by atoms with E-state index in [0.717, 1.165) is 0 Å². The topological polar surface area (TPSA) is 60.8 Å². The van der Waals surface area contributed by atoms with Gasteiger partial charge in [-0.2, -0.15) is 13.2 Å². The molecule has 1 fully saturated rings. The van der Waals surface area contributed by atoms with Gasteiger partial charge >= 0.3 is 12.1 Å². The van der Waals surface area contributed by atoms with Crippen LogP contribution in [0.15, 0.2) is 0 Å². The largest absolute Gasteiger partial charge is 0.480 e. The molecule has 0 aromatic rings. The zero-order chi connectivity index (χ0) is 13.3. The third kappa shape index (κ3) is 2.90. The second kappa shape index (κ2) is 4.81. The molecule has 0 bridgehead atoms. The number of aliphatic carboxylic acids is 1. The quantitative estimate of drug-likeness (QED) is 0.796.